The van der Waals surface area contributed by atoms with Gasteiger partial charge in [-0.25, -0.2) is 9.37 Å². The Morgan fingerprint density at radius 1 is 1.06 bits per heavy atom. The van der Waals surface area contributed by atoms with Crippen LogP contribution in [0.25, 0.3) is 22.0 Å². The number of aryl methyl sites for hydroxylation is 2. The predicted molar refractivity (Wildman–Crippen MR) is 132 cm³/mol. The molecule has 2 aromatic heterocycles. The standard InChI is InChI=1S/C26H26FN5O2S/c1-18-15-20(7-8-22(18)27)25-29-23(34-30-25)9-10-24(33)32-13-11-31(12-14-32)16-21-17-35-26(28-21)19-5-3-2-4-6-19/h2-8,15,17H,9-14,16H2,1H3. The van der Waals surface area contributed by atoms with Crippen LogP contribution in [0.3, 0.4) is 0 Å². The zero-order valence-electron chi connectivity index (χ0n) is 19.5. The minimum absolute atomic E-state index is 0.0852. The molecular weight excluding hydrogens is 465 g/mol. The highest BCUT2D eigenvalue weighted by Crippen LogP contribution is 2.24. The van der Waals surface area contributed by atoms with E-state index >= 15 is 0 Å². The summed E-state index contributed by atoms with van der Waals surface area (Å²) in [7, 11) is 0. The lowest BCUT2D eigenvalue weighted by molar-refractivity contribution is -0.133. The molecule has 0 atom stereocenters. The van der Waals surface area contributed by atoms with Crippen LogP contribution in [0.1, 0.15) is 23.6 Å². The van der Waals surface area contributed by atoms with E-state index in [1.807, 2.05) is 23.1 Å². The molecule has 0 saturated carbocycles. The van der Waals surface area contributed by atoms with Gasteiger partial charge in [0.2, 0.25) is 17.6 Å². The van der Waals surface area contributed by atoms with Crippen molar-refractivity contribution >= 4 is 17.2 Å². The number of rotatable bonds is 7. The monoisotopic (exact) mass is 491 g/mol. The Kier molecular flexibility index (Phi) is 6.96. The van der Waals surface area contributed by atoms with Gasteiger partial charge in [-0.15, -0.1) is 11.3 Å². The molecule has 7 nitrogen and oxygen atoms in total. The third-order valence-corrected chi connectivity index (χ3v) is 7.06. The van der Waals surface area contributed by atoms with E-state index in [0.717, 1.165) is 35.9 Å². The van der Waals surface area contributed by atoms with Crippen molar-refractivity contribution in [2.24, 2.45) is 0 Å². The number of piperazine rings is 1. The van der Waals surface area contributed by atoms with Crippen molar-refractivity contribution in [3.05, 3.63) is 76.9 Å². The molecule has 1 amide bonds. The average Bonchev–Trinajstić information content (AvgIpc) is 3.55. The summed E-state index contributed by atoms with van der Waals surface area (Å²) in [5, 5.41) is 7.13. The van der Waals surface area contributed by atoms with Gasteiger partial charge in [-0.05, 0) is 30.7 Å². The quantitative estimate of drug-likeness (QED) is 0.377. The van der Waals surface area contributed by atoms with Gasteiger partial charge in [0.15, 0.2) is 0 Å². The smallest absolute Gasteiger partial charge is 0.227 e. The zero-order chi connectivity index (χ0) is 24.2. The van der Waals surface area contributed by atoms with Gasteiger partial charge in [0, 0.05) is 62.1 Å². The Bertz CT molecular complexity index is 1300. The molecule has 0 N–H and O–H groups in total. The Morgan fingerprint density at radius 2 is 1.86 bits per heavy atom. The first-order valence-electron chi connectivity index (χ1n) is 11.6. The second kappa shape index (κ2) is 10.5. The zero-order valence-corrected chi connectivity index (χ0v) is 20.3. The van der Waals surface area contributed by atoms with E-state index in [-0.39, 0.29) is 11.7 Å². The number of amides is 1. The highest BCUT2D eigenvalue weighted by Gasteiger charge is 2.22. The fourth-order valence-electron chi connectivity index (χ4n) is 4.11. The third-order valence-electron chi connectivity index (χ3n) is 6.12. The number of benzene rings is 2. The number of halogens is 1. The van der Waals surface area contributed by atoms with Crippen molar-refractivity contribution in [3.8, 4) is 22.0 Å². The molecular formula is C26H26FN5O2S. The molecule has 1 saturated heterocycles. The van der Waals surface area contributed by atoms with E-state index in [1.165, 1.54) is 6.07 Å². The molecule has 35 heavy (non-hydrogen) atoms. The fourth-order valence-corrected chi connectivity index (χ4v) is 4.92. The van der Waals surface area contributed by atoms with E-state index in [2.05, 4.69) is 32.6 Å². The van der Waals surface area contributed by atoms with E-state index < -0.39 is 0 Å². The Hall–Kier alpha value is -3.43. The first-order chi connectivity index (χ1) is 17.0. The first kappa shape index (κ1) is 23.3. The van der Waals surface area contributed by atoms with Crippen LogP contribution < -0.4 is 0 Å². The van der Waals surface area contributed by atoms with Crippen LogP contribution in [-0.2, 0) is 17.8 Å². The average molecular weight is 492 g/mol. The summed E-state index contributed by atoms with van der Waals surface area (Å²) in [4.78, 5) is 26.1. The summed E-state index contributed by atoms with van der Waals surface area (Å²) in [6.45, 7) is 5.50. The van der Waals surface area contributed by atoms with Gasteiger partial charge in [-0.3, -0.25) is 9.69 Å². The summed E-state index contributed by atoms with van der Waals surface area (Å²) < 4.78 is 18.8. The fraction of sp³-hybridized carbons (Fsp3) is 0.308. The third kappa shape index (κ3) is 5.63. The number of thiazole rings is 1. The van der Waals surface area contributed by atoms with E-state index in [1.54, 1.807) is 30.4 Å². The predicted octanol–water partition coefficient (Wildman–Crippen LogP) is 4.58. The molecule has 1 aliphatic heterocycles. The van der Waals surface area contributed by atoms with Crippen molar-refractivity contribution in [2.75, 3.05) is 26.2 Å². The van der Waals surface area contributed by atoms with Gasteiger partial charge < -0.3 is 9.42 Å². The molecule has 9 heteroatoms. The van der Waals surface area contributed by atoms with Crippen molar-refractivity contribution in [3.63, 3.8) is 0 Å². The van der Waals surface area contributed by atoms with Gasteiger partial charge >= 0.3 is 0 Å². The summed E-state index contributed by atoms with van der Waals surface area (Å²) in [5.41, 5.74) is 3.42. The van der Waals surface area contributed by atoms with Crippen LogP contribution in [0.4, 0.5) is 4.39 Å². The molecule has 0 spiro atoms. The maximum Gasteiger partial charge on any atom is 0.227 e. The minimum Gasteiger partial charge on any atom is -0.340 e. The molecule has 0 bridgehead atoms. The highest BCUT2D eigenvalue weighted by atomic mass is 32.1. The molecule has 2 aromatic carbocycles. The lowest BCUT2D eigenvalue weighted by atomic mass is 10.1. The van der Waals surface area contributed by atoms with Gasteiger partial charge in [0.25, 0.3) is 0 Å². The lowest BCUT2D eigenvalue weighted by Gasteiger charge is -2.34. The Balaban J connectivity index is 1.08. The molecule has 4 aromatic rings. The molecule has 1 fully saturated rings. The summed E-state index contributed by atoms with van der Waals surface area (Å²) in [6.07, 6.45) is 0.698. The van der Waals surface area contributed by atoms with Gasteiger partial charge in [0.1, 0.15) is 10.8 Å². The Labute approximate surface area is 207 Å². The topological polar surface area (TPSA) is 75.4 Å². The van der Waals surface area contributed by atoms with Gasteiger partial charge in [-0.1, -0.05) is 35.5 Å². The van der Waals surface area contributed by atoms with Crippen molar-refractivity contribution in [1.82, 2.24) is 24.9 Å². The van der Waals surface area contributed by atoms with Crippen molar-refractivity contribution in [2.45, 2.75) is 26.3 Å². The van der Waals surface area contributed by atoms with E-state index in [9.17, 15) is 9.18 Å². The van der Waals surface area contributed by atoms with Crippen molar-refractivity contribution in [1.29, 1.82) is 0 Å². The van der Waals surface area contributed by atoms with Crippen LogP contribution in [0.2, 0.25) is 0 Å². The number of aromatic nitrogens is 3. The van der Waals surface area contributed by atoms with Gasteiger partial charge in [-0.2, -0.15) is 4.98 Å². The summed E-state index contributed by atoms with van der Waals surface area (Å²) in [6, 6.07) is 14.9. The second-order valence-corrected chi connectivity index (χ2v) is 9.50. The number of hydrogen-bond donors (Lipinski definition) is 0. The number of hydrogen-bond acceptors (Lipinski definition) is 7. The molecule has 180 valence electrons. The van der Waals surface area contributed by atoms with Crippen LogP contribution in [-0.4, -0.2) is 57.0 Å². The highest BCUT2D eigenvalue weighted by molar-refractivity contribution is 7.13. The lowest BCUT2D eigenvalue weighted by Crippen LogP contribution is -2.48. The normalized spacial score (nSPS) is 14.4. The van der Waals surface area contributed by atoms with E-state index in [4.69, 9.17) is 9.51 Å². The SMILES string of the molecule is Cc1cc(-c2noc(CCC(=O)N3CCN(Cc4csc(-c5ccccc5)n4)CC3)n2)ccc1F. The molecule has 0 unspecified atom stereocenters. The van der Waals surface area contributed by atoms with Crippen molar-refractivity contribution < 1.29 is 13.7 Å². The maximum atomic E-state index is 13.5. The number of carbonyl (C=O) groups is 1. The summed E-state index contributed by atoms with van der Waals surface area (Å²) in [5.74, 6) is 0.627. The number of carbonyl (C=O) groups excluding carboxylic acids is 1. The molecule has 0 radical (unpaired) electrons. The van der Waals surface area contributed by atoms with Crippen LogP contribution in [0.5, 0.6) is 0 Å². The molecule has 3 heterocycles. The second-order valence-electron chi connectivity index (χ2n) is 8.64. The van der Waals surface area contributed by atoms with Crippen LogP contribution in [0, 0.1) is 12.7 Å². The van der Waals surface area contributed by atoms with Crippen LogP contribution >= 0.6 is 11.3 Å². The molecule has 1 aliphatic rings. The van der Waals surface area contributed by atoms with E-state index in [0.29, 0.717) is 48.8 Å². The Morgan fingerprint density at radius 3 is 2.63 bits per heavy atom. The molecule has 0 aliphatic carbocycles. The minimum atomic E-state index is -0.272. The number of nitrogens with zero attached hydrogens (tertiary/aromatic N) is 5. The largest absolute Gasteiger partial charge is 0.340 e. The van der Waals surface area contributed by atoms with Gasteiger partial charge in [0.05, 0.1) is 5.69 Å². The molecule has 5 rings (SSSR count). The van der Waals surface area contributed by atoms with Crippen LogP contribution in [0.15, 0.2) is 58.4 Å². The first-order valence-corrected chi connectivity index (χ1v) is 12.5. The maximum absolute atomic E-state index is 13.5. The summed E-state index contributed by atoms with van der Waals surface area (Å²) >= 11 is 1.66.